The molecule has 1 atom stereocenters. The highest BCUT2D eigenvalue weighted by Crippen LogP contribution is 2.28. The van der Waals surface area contributed by atoms with E-state index >= 15 is 0 Å². The SMILES string of the molecule is CCNC(C)c1cccc(-c2cccc3cccnc23)c1. The first kappa shape index (κ1) is 13.8. The molecule has 3 aromatic rings. The van der Waals surface area contributed by atoms with Crippen LogP contribution in [0.15, 0.2) is 60.8 Å². The average molecular weight is 276 g/mol. The number of fused-ring (bicyclic) bond motifs is 1. The molecular formula is C19H20N2. The van der Waals surface area contributed by atoms with Crippen molar-refractivity contribution < 1.29 is 0 Å². The van der Waals surface area contributed by atoms with Gasteiger partial charge in [0.1, 0.15) is 0 Å². The van der Waals surface area contributed by atoms with Gasteiger partial charge in [-0.05, 0) is 36.7 Å². The molecule has 0 amide bonds. The van der Waals surface area contributed by atoms with E-state index in [9.17, 15) is 0 Å². The average Bonchev–Trinajstić information content (AvgIpc) is 2.55. The van der Waals surface area contributed by atoms with Gasteiger partial charge < -0.3 is 5.32 Å². The van der Waals surface area contributed by atoms with Crippen LogP contribution in [-0.4, -0.2) is 11.5 Å². The molecule has 0 radical (unpaired) electrons. The van der Waals surface area contributed by atoms with Crippen LogP contribution in [0, 0.1) is 0 Å². The van der Waals surface area contributed by atoms with Crippen molar-refractivity contribution in [1.82, 2.24) is 10.3 Å². The molecule has 0 aliphatic rings. The minimum absolute atomic E-state index is 0.359. The van der Waals surface area contributed by atoms with Crippen molar-refractivity contribution in [2.24, 2.45) is 0 Å². The van der Waals surface area contributed by atoms with Gasteiger partial charge in [0.05, 0.1) is 5.52 Å². The molecule has 0 saturated carbocycles. The third-order valence-electron chi connectivity index (χ3n) is 3.84. The van der Waals surface area contributed by atoms with Crippen molar-refractivity contribution in [3.8, 4) is 11.1 Å². The minimum atomic E-state index is 0.359. The van der Waals surface area contributed by atoms with Crippen LogP contribution in [0.1, 0.15) is 25.5 Å². The van der Waals surface area contributed by atoms with Gasteiger partial charge in [-0.25, -0.2) is 0 Å². The van der Waals surface area contributed by atoms with Crippen molar-refractivity contribution in [3.05, 3.63) is 66.4 Å². The van der Waals surface area contributed by atoms with Gasteiger partial charge in [-0.3, -0.25) is 4.98 Å². The van der Waals surface area contributed by atoms with Crippen molar-refractivity contribution in [2.75, 3.05) is 6.54 Å². The normalized spacial score (nSPS) is 12.5. The molecular weight excluding hydrogens is 256 g/mol. The van der Waals surface area contributed by atoms with Crippen LogP contribution in [0.3, 0.4) is 0 Å². The van der Waals surface area contributed by atoms with Gasteiger partial charge in [0, 0.05) is 23.2 Å². The summed E-state index contributed by atoms with van der Waals surface area (Å²) in [5.74, 6) is 0. The summed E-state index contributed by atoms with van der Waals surface area (Å²) in [5, 5.41) is 4.64. The summed E-state index contributed by atoms with van der Waals surface area (Å²) in [6, 6.07) is 19.5. The summed E-state index contributed by atoms with van der Waals surface area (Å²) in [7, 11) is 0. The Bertz CT molecular complexity index is 744. The molecule has 0 aliphatic heterocycles. The van der Waals surface area contributed by atoms with Gasteiger partial charge in [-0.1, -0.05) is 49.4 Å². The van der Waals surface area contributed by atoms with Crippen molar-refractivity contribution in [3.63, 3.8) is 0 Å². The molecule has 0 bridgehead atoms. The fourth-order valence-electron chi connectivity index (χ4n) is 2.74. The molecule has 2 nitrogen and oxygen atoms in total. The molecule has 106 valence electrons. The number of rotatable bonds is 4. The molecule has 0 saturated heterocycles. The first-order valence-electron chi connectivity index (χ1n) is 7.47. The lowest BCUT2D eigenvalue weighted by atomic mass is 9.98. The first-order valence-corrected chi connectivity index (χ1v) is 7.47. The summed E-state index contributed by atoms with van der Waals surface area (Å²) in [4.78, 5) is 4.55. The van der Waals surface area contributed by atoms with E-state index in [0.29, 0.717) is 6.04 Å². The van der Waals surface area contributed by atoms with Crippen LogP contribution in [0.2, 0.25) is 0 Å². The molecule has 3 rings (SSSR count). The van der Waals surface area contributed by atoms with Crippen LogP contribution >= 0.6 is 0 Å². The predicted octanol–water partition coefficient (Wildman–Crippen LogP) is 4.57. The van der Waals surface area contributed by atoms with Gasteiger partial charge in [-0.2, -0.15) is 0 Å². The van der Waals surface area contributed by atoms with Crippen LogP contribution in [-0.2, 0) is 0 Å². The highest BCUT2D eigenvalue weighted by molar-refractivity contribution is 5.93. The summed E-state index contributed by atoms with van der Waals surface area (Å²) < 4.78 is 0. The minimum Gasteiger partial charge on any atom is -0.310 e. The van der Waals surface area contributed by atoms with E-state index in [4.69, 9.17) is 0 Å². The molecule has 1 unspecified atom stereocenters. The Morgan fingerprint density at radius 2 is 1.86 bits per heavy atom. The third kappa shape index (κ3) is 2.81. The second kappa shape index (κ2) is 6.06. The second-order valence-electron chi connectivity index (χ2n) is 5.29. The number of aromatic nitrogens is 1. The van der Waals surface area contributed by atoms with E-state index in [2.05, 4.69) is 72.7 Å². The topological polar surface area (TPSA) is 24.9 Å². The Labute approximate surface area is 125 Å². The van der Waals surface area contributed by atoms with Crippen molar-refractivity contribution in [1.29, 1.82) is 0 Å². The molecule has 1 aromatic heterocycles. The monoisotopic (exact) mass is 276 g/mol. The number of para-hydroxylation sites is 1. The fourth-order valence-corrected chi connectivity index (χ4v) is 2.74. The molecule has 2 aromatic carbocycles. The zero-order chi connectivity index (χ0) is 14.7. The molecule has 0 aliphatic carbocycles. The fraction of sp³-hybridized carbons (Fsp3) is 0.211. The largest absolute Gasteiger partial charge is 0.310 e. The maximum Gasteiger partial charge on any atom is 0.0780 e. The van der Waals surface area contributed by atoms with E-state index in [-0.39, 0.29) is 0 Å². The molecule has 1 N–H and O–H groups in total. The van der Waals surface area contributed by atoms with Crippen LogP contribution < -0.4 is 5.32 Å². The molecule has 21 heavy (non-hydrogen) atoms. The Balaban J connectivity index is 2.09. The van der Waals surface area contributed by atoms with Crippen molar-refractivity contribution in [2.45, 2.75) is 19.9 Å². The van der Waals surface area contributed by atoms with Gasteiger partial charge in [0.15, 0.2) is 0 Å². The summed E-state index contributed by atoms with van der Waals surface area (Å²) in [6.07, 6.45) is 1.86. The van der Waals surface area contributed by atoms with Gasteiger partial charge >= 0.3 is 0 Å². The Morgan fingerprint density at radius 3 is 2.71 bits per heavy atom. The van der Waals surface area contributed by atoms with Crippen LogP contribution in [0.5, 0.6) is 0 Å². The maximum atomic E-state index is 4.55. The zero-order valence-corrected chi connectivity index (χ0v) is 12.5. The van der Waals surface area contributed by atoms with E-state index in [1.165, 1.54) is 22.1 Å². The molecule has 0 spiro atoms. The number of nitrogens with one attached hydrogen (secondary N) is 1. The number of nitrogens with zero attached hydrogens (tertiary/aromatic N) is 1. The van der Waals surface area contributed by atoms with Crippen LogP contribution in [0.25, 0.3) is 22.0 Å². The summed E-state index contributed by atoms with van der Waals surface area (Å²) >= 11 is 0. The third-order valence-corrected chi connectivity index (χ3v) is 3.84. The highest BCUT2D eigenvalue weighted by Gasteiger charge is 2.08. The maximum absolute atomic E-state index is 4.55. The Kier molecular flexibility index (Phi) is 3.98. The lowest BCUT2D eigenvalue weighted by Crippen LogP contribution is -2.17. The molecule has 0 fully saturated rings. The van der Waals surface area contributed by atoms with Crippen LogP contribution in [0.4, 0.5) is 0 Å². The molecule has 2 heteroatoms. The number of pyridine rings is 1. The number of hydrogen-bond donors (Lipinski definition) is 1. The van der Waals surface area contributed by atoms with E-state index < -0.39 is 0 Å². The lowest BCUT2D eigenvalue weighted by Gasteiger charge is -2.14. The summed E-state index contributed by atoms with van der Waals surface area (Å²) in [5.41, 5.74) is 4.79. The smallest absolute Gasteiger partial charge is 0.0780 e. The van der Waals surface area contributed by atoms with Gasteiger partial charge in [0.25, 0.3) is 0 Å². The second-order valence-corrected chi connectivity index (χ2v) is 5.29. The predicted molar refractivity (Wildman–Crippen MR) is 89.3 cm³/mol. The van der Waals surface area contributed by atoms with Gasteiger partial charge in [0.2, 0.25) is 0 Å². The van der Waals surface area contributed by atoms with Crippen molar-refractivity contribution >= 4 is 10.9 Å². The zero-order valence-electron chi connectivity index (χ0n) is 12.5. The van der Waals surface area contributed by atoms with E-state index in [1.54, 1.807) is 0 Å². The summed E-state index contributed by atoms with van der Waals surface area (Å²) in [6.45, 7) is 5.31. The van der Waals surface area contributed by atoms with E-state index in [1.807, 2.05) is 12.3 Å². The Hall–Kier alpha value is -2.19. The number of hydrogen-bond acceptors (Lipinski definition) is 2. The number of benzene rings is 2. The highest BCUT2D eigenvalue weighted by atomic mass is 14.9. The van der Waals surface area contributed by atoms with Gasteiger partial charge in [-0.15, -0.1) is 0 Å². The quantitative estimate of drug-likeness (QED) is 0.755. The first-order chi connectivity index (χ1) is 10.3. The van der Waals surface area contributed by atoms with E-state index in [0.717, 1.165) is 12.1 Å². The Morgan fingerprint density at radius 1 is 1.05 bits per heavy atom. The molecule has 1 heterocycles. The lowest BCUT2D eigenvalue weighted by molar-refractivity contribution is 0.598. The standard InChI is InChI=1S/C19H20N2/c1-3-20-14(2)16-8-4-9-17(13-16)18-11-5-7-15-10-6-12-21-19(15)18/h4-14,20H,3H2,1-2H3.